The molecule has 3 aromatic heterocycles. The first-order chi connectivity index (χ1) is 12.7. The van der Waals surface area contributed by atoms with E-state index in [1.807, 2.05) is 35.7 Å². The summed E-state index contributed by atoms with van der Waals surface area (Å²) in [4.78, 5) is 18.3. The van der Waals surface area contributed by atoms with E-state index in [9.17, 15) is 4.79 Å². The van der Waals surface area contributed by atoms with Gasteiger partial charge in [0.25, 0.3) is 0 Å². The van der Waals surface area contributed by atoms with Gasteiger partial charge in [0, 0.05) is 4.88 Å². The van der Waals surface area contributed by atoms with Crippen molar-refractivity contribution in [2.75, 3.05) is 12.1 Å². The lowest BCUT2D eigenvalue weighted by Crippen LogP contribution is -2.25. The molecular weight excluding hydrogens is 370 g/mol. The van der Waals surface area contributed by atoms with Crippen LogP contribution in [0.3, 0.4) is 0 Å². The standard InChI is InChI=1S/C18H13N3O3S2/c1-23-12-6-7-14-16(10-12)26-18(20-14)21(17(22)15-5-2-8-24-15)19-11-13-4-3-9-25-13/h2-11H,1H3/b19-11-. The Morgan fingerprint density at radius 3 is 2.96 bits per heavy atom. The molecule has 1 aromatic carbocycles. The summed E-state index contributed by atoms with van der Waals surface area (Å²) in [5.74, 6) is 0.553. The molecule has 0 radical (unpaired) electrons. The summed E-state index contributed by atoms with van der Waals surface area (Å²) < 4.78 is 11.4. The number of hydrogen-bond donors (Lipinski definition) is 0. The molecular formula is C18H13N3O3S2. The van der Waals surface area contributed by atoms with Crippen molar-refractivity contribution in [3.63, 3.8) is 0 Å². The summed E-state index contributed by atoms with van der Waals surface area (Å²) >= 11 is 2.89. The molecule has 0 saturated carbocycles. The molecule has 4 aromatic rings. The Morgan fingerprint density at radius 1 is 1.31 bits per heavy atom. The minimum Gasteiger partial charge on any atom is -0.497 e. The minimum absolute atomic E-state index is 0.199. The van der Waals surface area contributed by atoms with E-state index in [0.717, 1.165) is 20.8 Å². The van der Waals surface area contributed by atoms with E-state index >= 15 is 0 Å². The van der Waals surface area contributed by atoms with Crippen LogP contribution in [0.5, 0.6) is 5.75 Å². The maximum atomic E-state index is 12.8. The predicted molar refractivity (Wildman–Crippen MR) is 104 cm³/mol. The third kappa shape index (κ3) is 3.24. The van der Waals surface area contributed by atoms with Gasteiger partial charge in [0.15, 0.2) is 5.76 Å². The summed E-state index contributed by atoms with van der Waals surface area (Å²) in [6.07, 6.45) is 3.09. The molecule has 0 spiro atoms. The minimum atomic E-state index is -0.381. The molecule has 0 aliphatic carbocycles. The number of furan rings is 1. The number of nitrogens with zero attached hydrogens (tertiary/aromatic N) is 3. The van der Waals surface area contributed by atoms with Crippen LogP contribution >= 0.6 is 22.7 Å². The largest absolute Gasteiger partial charge is 0.497 e. The number of anilines is 1. The number of fused-ring (bicyclic) bond motifs is 1. The van der Waals surface area contributed by atoms with Gasteiger partial charge < -0.3 is 9.15 Å². The zero-order valence-corrected chi connectivity index (χ0v) is 15.3. The number of ether oxygens (including phenoxy) is 1. The van der Waals surface area contributed by atoms with Crippen molar-refractivity contribution < 1.29 is 13.9 Å². The fourth-order valence-corrected chi connectivity index (χ4v) is 3.81. The van der Waals surface area contributed by atoms with Crippen LogP contribution in [-0.4, -0.2) is 24.2 Å². The average Bonchev–Trinajstić information content (AvgIpc) is 3.41. The van der Waals surface area contributed by atoms with E-state index in [1.54, 1.807) is 25.5 Å². The quantitative estimate of drug-likeness (QED) is 0.372. The topological polar surface area (TPSA) is 67.9 Å². The Morgan fingerprint density at radius 2 is 2.23 bits per heavy atom. The number of thiophene rings is 1. The van der Waals surface area contributed by atoms with E-state index in [4.69, 9.17) is 9.15 Å². The highest BCUT2D eigenvalue weighted by Gasteiger charge is 2.23. The Kier molecular flexibility index (Phi) is 4.51. The molecule has 0 N–H and O–H groups in total. The number of amides is 1. The van der Waals surface area contributed by atoms with Crippen molar-refractivity contribution in [3.05, 3.63) is 64.7 Å². The van der Waals surface area contributed by atoms with Gasteiger partial charge in [0.2, 0.25) is 5.13 Å². The van der Waals surface area contributed by atoms with Gasteiger partial charge >= 0.3 is 5.91 Å². The van der Waals surface area contributed by atoms with Crippen LogP contribution in [0.2, 0.25) is 0 Å². The van der Waals surface area contributed by atoms with Gasteiger partial charge in [-0.15, -0.1) is 11.3 Å². The maximum absolute atomic E-state index is 12.8. The highest BCUT2D eigenvalue weighted by molar-refractivity contribution is 7.22. The number of thiazole rings is 1. The van der Waals surface area contributed by atoms with Crippen molar-refractivity contribution in [3.8, 4) is 5.75 Å². The average molecular weight is 383 g/mol. The van der Waals surface area contributed by atoms with E-state index in [0.29, 0.717) is 5.13 Å². The molecule has 0 bridgehead atoms. The first-order valence-corrected chi connectivity index (χ1v) is 9.34. The highest BCUT2D eigenvalue weighted by atomic mass is 32.1. The number of carbonyl (C=O) groups is 1. The van der Waals surface area contributed by atoms with Crippen LogP contribution in [0.4, 0.5) is 5.13 Å². The number of carbonyl (C=O) groups excluding carboxylic acids is 1. The number of aromatic nitrogens is 1. The van der Waals surface area contributed by atoms with Crippen molar-refractivity contribution in [2.24, 2.45) is 5.10 Å². The first-order valence-electron chi connectivity index (χ1n) is 7.64. The van der Waals surface area contributed by atoms with E-state index in [-0.39, 0.29) is 11.7 Å². The second-order valence-electron chi connectivity index (χ2n) is 5.18. The summed E-state index contributed by atoms with van der Waals surface area (Å²) in [6.45, 7) is 0. The monoisotopic (exact) mass is 383 g/mol. The third-order valence-electron chi connectivity index (χ3n) is 3.53. The molecule has 0 aliphatic heterocycles. The zero-order valence-electron chi connectivity index (χ0n) is 13.7. The zero-order chi connectivity index (χ0) is 17.9. The number of methoxy groups -OCH3 is 1. The molecule has 3 heterocycles. The van der Waals surface area contributed by atoms with Crippen molar-refractivity contribution in [1.29, 1.82) is 0 Å². The normalized spacial score (nSPS) is 11.3. The van der Waals surface area contributed by atoms with Crippen LogP contribution in [0.15, 0.2) is 63.6 Å². The van der Waals surface area contributed by atoms with E-state index in [1.165, 1.54) is 33.9 Å². The lowest BCUT2D eigenvalue weighted by molar-refractivity contribution is 0.0961. The van der Waals surface area contributed by atoms with Gasteiger partial charge in [-0.1, -0.05) is 17.4 Å². The van der Waals surface area contributed by atoms with Crippen LogP contribution in [0, 0.1) is 0 Å². The maximum Gasteiger partial charge on any atom is 0.316 e. The predicted octanol–water partition coefficient (Wildman–Crippen LogP) is 4.64. The molecule has 8 heteroatoms. The third-order valence-corrected chi connectivity index (χ3v) is 5.33. The first kappa shape index (κ1) is 16.5. The molecule has 4 rings (SSSR count). The van der Waals surface area contributed by atoms with Crippen molar-refractivity contribution in [1.82, 2.24) is 4.98 Å². The number of rotatable bonds is 5. The van der Waals surface area contributed by atoms with Crippen LogP contribution in [0.1, 0.15) is 15.4 Å². The second-order valence-corrected chi connectivity index (χ2v) is 7.17. The fraction of sp³-hybridized carbons (Fsp3) is 0.0556. The Labute approximate surface area is 157 Å². The van der Waals surface area contributed by atoms with Crippen molar-refractivity contribution in [2.45, 2.75) is 0 Å². The number of hydrazone groups is 1. The molecule has 26 heavy (non-hydrogen) atoms. The van der Waals surface area contributed by atoms with Gasteiger partial charge in [-0.2, -0.15) is 10.1 Å². The molecule has 6 nitrogen and oxygen atoms in total. The smallest absolute Gasteiger partial charge is 0.316 e. The molecule has 0 unspecified atom stereocenters. The number of benzene rings is 1. The van der Waals surface area contributed by atoms with E-state index < -0.39 is 0 Å². The van der Waals surface area contributed by atoms with Gasteiger partial charge in [0.05, 0.1) is 29.8 Å². The SMILES string of the molecule is COc1ccc2nc(N(/N=C\c3cccs3)C(=O)c3ccco3)sc2c1. The summed E-state index contributed by atoms with van der Waals surface area (Å²) in [5, 5.41) is 8.02. The van der Waals surface area contributed by atoms with Crippen LogP contribution in [0.25, 0.3) is 10.2 Å². The van der Waals surface area contributed by atoms with Gasteiger partial charge in [-0.25, -0.2) is 4.98 Å². The molecule has 130 valence electrons. The summed E-state index contributed by atoms with van der Waals surface area (Å²) in [5.41, 5.74) is 0.773. The Balaban J connectivity index is 1.75. The lowest BCUT2D eigenvalue weighted by atomic mass is 10.3. The fourth-order valence-electron chi connectivity index (χ4n) is 2.28. The number of hydrogen-bond acceptors (Lipinski definition) is 7. The molecule has 0 atom stereocenters. The lowest BCUT2D eigenvalue weighted by Gasteiger charge is -2.11. The Bertz CT molecular complexity index is 1050. The van der Waals surface area contributed by atoms with Gasteiger partial charge in [-0.05, 0) is 41.8 Å². The van der Waals surface area contributed by atoms with E-state index in [2.05, 4.69) is 10.1 Å². The second kappa shape index (κ2) is 7.11. The Hall–Kier alpha value is -2.97. The molecule has 0 fully saturated rings. The molecule has 0 saturated heterocycles. The van der Waals surface area contributed by atoms with Crippen LogP contribution in [-0.2, 0) is 0 Å². The summed E-state index contributed by atoms with van der Waals surface area (Å²) in [6, 6.07) is 12.7. The van der Waals surface area contributed by atoms with Crippen molar-refractivity contribution >= 4 is 50.1 Å². The van der Waals surface area contributed by atoms with Crippen LogP contribution < -0.4 is 9.75 Å². The molecule has 1 amide bonds. The van der Waals surface area contributed by atoms with Gasteiger partial charge in [0.1, 0.15) is 5.75 Å². The van der Waals surface area contributed by atoms with Gasteiger partial charge in [-0.3, -0.25) is 4.79 Å². The summed E-state index contributed by atoms with van der Waals surface area (Å²) in [7, 11) is 1.61. The molecule has 0 aliphatic rings. The highest BCUT2D eigenvalue weighted by Crippen LogP contribution is 2.32.